The minimum absolute atomic E-state index is 0.00403. The SMILES string of the molecule is O=[P+](O)OCc1cc(OCc2ccccc2)cc(OCc2ccccc2)c1. The fourth-order valence-electron chi connectivity index (χ4n) is 2.49. The maximum Gasteiger partial charge on any atom is 0.695 e. The Morgan fingerprint density at radius 2 is 1.15 bits per heavy atom. The molecule has 138 valence electrons. The van der Waals surface area contributed by atoms with Crippen molar-refractivity contribution in [2.24, 2.45) is 0 Å². The molecular weight excluding hydrogens is 363 g/mol. The van der Waals surface area contributed by atoms with Gasteiger partial charge in [0.2, 0.25) is 0 Å². The molecule has 0 saturated heterocycles. The summed E-state index contributed by atoms with van der Waals surface area (Å²) >= 11 is 0. The van der Waals surface area contributed by atoms with E-state index in [4.69, 9.17) is 18.9 Å². The van der Waals surface area contributed by atoms with E-state index < -0.39 is 8.25 Å². The summed E-state index contributed by atoms with van der Waals surface area (Å²) in [5.74, 6) is 1.22. The lowest BCUT2D eigenvalue weighted by atomic mass is 10.2. The summed E-state index contributed by atoms with van der Waals surface area (Å²) < 4.78 is 27.4. The fraction of sp³-hybridized carbons (Fsp3) is 0.143. The van der Waals surface area contributed by atoms with Gasteiger partial charge in [-0.05, 0) is 28.8 Å². The molecular formula is C21H20O5P+. The van der Waals surface area contributed by atoms with E-state index in [1.807, 2.05) is 60.7 Å². The molecule has 3 rings (SSSR count). The highest BCUT2D eigenvalue weighted by molar-refractivity contribution is 7.32. The van der Waals surface area contributed by atoms with Gasteiger partial charge in [0.1, 0.15) is 31.3 Å². The van der Waals surface area contributed by atoms with Crippen molar-refractivity contribution in [3.05, 3.63) is 95.6 Å². The zero-order chi connectivity index (χ0) is 18.9. The van der Waals surface area contributed by atoms with Crippen LogP contribution in [0.1, 0.15) is 16.7 Å². The van der Waals surface area contributed by atoms with E-state index in [9.17, 15) is 4.57 Å². The lowest BCUT2D eigenvalue weighted by Crippen LogP contribution is -1.99. The minimum atomic E-state index is -2.66. The molecule has 27 heavy (non-hydrogen) atoms. The van der Waals surface area contributed by atoms with E-state index >= 15 is 0 Å². The van der Waals surface area contributed by atoms with Crippen LogP contribution in [0, 0.1) is 0 Å². The largest absolute Gasteiger partial charge is 0.695 e. The van der Waals surface area contributed by atoms with Crippen molar-refractivity contribution in [2.45, 2.75) is 19.8 Å². The molecule has 0 spiro atoms. The summed E-state index contributed by atoms with van der Waals surface area (Å²) in [5, 5.41) is 0. The van der Waals surface area contributed by atoms with Gasteiger partial charge in [-0.1, -0.05) is 60.7 Å². The number of ether oxygens (including phenoxy) is 2. The smallest absolute Gasteiger partial charge is 0.489 e. The molecule has 0 saturated carbocycles. The highest BCUT2D eigenvalue weighted by Crippen LogP contribution is 2.27. The van der Waals surface area contributed by atoms with E-state index in [1.165, 1.54) is 0 Å². The van der Waals surface area contributed by atoms with Gasteiger partial charge in [-0.3, -0.25) is 0 Å². The Bertz CT molecular complexity index is 807. The lowest BCUT2D eigenvalue weighted by molar-refractivity contribution is 0.266. The zero-order valence-corrected chi connectivity index (χ0v) is 15.5. The topological polar surface area (TPSA) is 65.0 Å². The van der Waals surface area contributed by atoms with Gasteiger partial charge in [-0.2, -0.15) is 0 Å². The quantitative estimate of drug-likeness (QED) is 0.526. The van der Waals surface area contributed by atoms with Gasteiger partial charge in [0.05, 0.1) is 0 Å². The molecule has 1 atom stereocenters. The highest BCUT2D eigenvalue weighted by Gasteiger charge is 2.13. The second-order valence-electron chi connectivity index (χ2n) is 5.87. The van der Waals surface area contributed by atoms with Crippen LogP contribution >= 0.6 is 8.25 Å². The first kappa shape index (κ1) is 19.1. The third-order valence-corrected chi connectivity index (χ3v) is 4.13. The molecule has 0 heterocycles. The lowest BCUT2D eigenvalue weighted by Gasteiger charge is -2.12. The molecule has 6 heteroatoms. The second-order valence-corrected chi connectivity index (χ2v) is 6.61. The van der Waals surface area contributed by atoms with Crippen LogP contribution in [0.2, 0.25) is 0 Å². The molecule has 0 aliphatic heterocycles. The first-order chi connectivity index (χ1) is 13.2. The van der Waals surface area contributed by atoms with Gasteiger partial charge in [0.15, 0.2) is 0 Å². The fourth-order valence-corrected chi connectivity index (χ4v) is 2.75. The van der Waals surface area contributed by atoms with Crippen molar-refractivity contribution in [1.82, 2.24) is 0 Å². The summed E-state index contributed by atoms with van der Waals surface area (Å²) in [4.78, 5) is 8.88. The van der Waals surface area contributed by atoms with Crippen molar-refractivity contribution < 1.29 is 23.5 Å². The number of hydrogen-bond donors (Lipinski definition) is 1. The Morgan fingerprint density at radius 1 is 0.667 bits per heavy atom. The van der Waals surface area contributed by atoms with E-state index in [1.54, 1.807) is 18.2 Å². The predicted molar refractivity (Wildman–Crippen MR) is 103 cm³/mol. The molecule has 3 aromatic rings. The van der Waals surface area contributed by atoms with Crippen LogP contribution in [0.5, 0.6) is 11.5 Å². The zero-order valence-electron chi connectivity index (χ0n) is 14.7. The first-order valence-corrected chi connectivity index (χ1v) is 9.58. The monoisotopic (exact) mass is 383 g/mol. The molecule has 0 aliphatic rings. The average Bonchev–Trinajstić information content (AvgIpc) is 2.71. The van der Waals surface area contributed by atoms with Gasteiger partial charge in [0.25, 0.3) is 0 Å². The number of rotatable bonds is 9. The number of hydrogen-bond acceptors (Lipinski definition) is 4. The Kier molecular flexibility index (Phi) is 6.94. The first-order valence-electron chi connectivity index (χ1n) is 8.45. The third-order valence-electron chi connectivity index (χ3n) is 3.78. The van der Waals surface area contributed by atoms with Crippen molar-refractivity contribution in [2.75, 3.05) is 0 Å². The van der Waals surface area contributed by atoms with Gasteiger partial charge in [0, 0.05) is 10.6 Å². The van der Waals surface area contributed by atoms with Crippen LogP contribution in [0.25, 0.3) is 0 Å². The van der Waals surface area contributed by atoms with Gasteiger partial charge >= 0.3 is 8.25 Å². The van der Waals surface area contributed by atoms with Crippen molar-refractivity contribution in [3.8, 4) is 11.5 Å². The third kappa shape index (κ3) is 6.50. The molecule has 1 N–H and O–H groups in total. The Balaban J connectivity index is 1.72. The molecule has 0 aliphatic carbocycles. The molecule has 0 aromatic heterocycles. The maximum absolute atomic E-state index is 10.8. The normalized spacial score (nSPS) is 11.1. The molecule has 1 unspecified atom stereocenters. The minimum Gasteiger partial charge on any atom is -0.489 e. The highest BCUT2D eigenvalue weighted by atomic mass is 31.1. The summed E-state index contributed by atoms with van der Waals surface area (Å²) in [6, 6.07) is 25.0. The molecule has 0 fully saturated rings. The molecule has 0 bridgehead atoms. The number of benzene rings is 3. The van der Waals surface area contributed by atoms with Gasteiger partial charge < -0.3 is 9.47 Å². The van der Waals surface area contributed by atoms with E-state index in [2.05, 4.69) is 0 Å². The van der Waals surface area contributed by atoms with Crippen LogP contribution in [0.15, 0.2) is 78.9 Å². The standard InChI is InChI=1S/C21H19O5P/c22-27(23)26-16-19-11-20(24-14-17-7-3-1-4-8-17)13-21(12-19)25-15-18-9-5-2-6-10-18/h1-13H,14-16H2/p+1. The summed E-state index contributed by atoms with van der Waals surface area (Å²) in [6.07, 6.45) is 0. The predicted octanol–water partition coefficient (Wildman–Crippen LogP) is 5.01. The van der Waals surface area contributed by atoms with Crippen LogP contribution in [0.3, 0.4) is 0 Å². The molecule has 3 aromatic carbocycles. The molecule has 5 nitrogen and oxygen atoms in total. The van der Waals surface area contributed by atoms with Crippen molar-refractivity contribution >= 4 is 8.25 Å². The van der Waals surface area contributed by atoms with Crippen molar-refractivity contribution in [3.63, 3.8) is 0 Å². The van der Waals surface area contributed by atoms with Crippen LogP contribution in [0.4, 0.5) is 0 Å². The van der Waals surface area contributed by atoms with Gasteiger partial charge in [-0.25, -0.2) is 0 Å². The Morgan fingerprint density at radius 3 is 1.59 bits per heavy atom. The van der Waals surface area contributed by atoms with E-state index in [0.29, 0.717) is 30.3 Å². The average molecular weight is 383 g/mol. The van der Waals surface area contributed by atoms with Crippen molar-refractivity contribution in [1.29, 1.82) is 0 Å². The summed E-state index contributed by atoms with van der Waals surface area (Å²) in [6.45, 7) is 0.824. The molecule has 0 amide bonds. The van der Waals surface area contributed by atoms with Crippen LogP contribution in [-0.2, 0) is 28.9 Å². The second kappa shape index (κ2) is 9.83. The van der Waals surface area contributed by atoms with Gasteiger partial charge in [-0.15, -0.1) is 9.42 Å². The summed E-state index contributed by atoms with van der Waals surface area (Å²) in [7, 11) is -2.66. The van der Waals surface area contributed by atoms with E-state index in [0.717, 1.165) is 11.1 Å². The Hall–Kier alpha value is -2.72. The maximum atomic E-state index is 10.8. The van der Waals surface area contributed by atoms with Crippen LogP contribution in [-0.4, -0.2) is 4.89 Å². The molecule has 0 radical (unpaired) electrons. The van der Waals surface area contributed by atoms with E-state index in [-0.39, 0.29) is 6.61 Å². The Labute approximate surface area is 159 Å². The summed E-state index contributed by atoms with van der Waals surface area (Å²) in [5.41, 5.74) is 2.79. The van der Waals surface area contributed by atoms with Crippen LogP contribution < -0.4 is 9.47 Å².